The number of carboxylic acid groups (broad SMARTS) is 1. The number of nitrogens with zero attached hydrogens (tertiary/aromatic N) is 1. The van der Waals surface area contributed by atoms with Crippen LogP contribution in [0.15, 0.2) is 58.2 Å². The summed E-state index contributed by atoms with van der Waals surface area (Å²) in [6.45, 7) is 0. The first-order valence-corrected chi connectivity index (χ1v) is 9.17. The van der Waals surface area contributed by atoms with Crippen molar-refractivity contribution in [2.24, 2.45) is 0 Å². The number of methoxy groups -OCH3 is 1. The average molecular weight is 386 g/mol. The number of aromatic nitrogens is 1. The zero-order chi connectivity index (χ0) is 19.2. The smallest absolute Gasteiger partial charge is 0.305 e. The van der Waals surface area contributed by atoms with Crippen LogP contribution in [-0.4, -0.2) is 34.8 Å². The summed E-state index contributed by atoms with van der Waals surface area (Å²) in [5.74, 6) is -0.572. The second-order valence-corrected chi connectivity index (χ2v) is 6.65. The molecule has 0 radical (unpaired) electrons. The molecular weight excluding hydrogens is 368 g/mol. The van der Waals surface area contributed by atoms with Gasteiger partial charge in [0.05, 0.1) is 25.3 Å². The van der Waals surface area contributed by atoms with Gasteiger partial charge in [-0.25, -0.2) is 4.98 Å². The molecule has 1 heterocycles. The average Bonchev–Trinajstić information content (AvgIpc) is 3.08. The van der Waals surface area contributed by atoms with E-state index in [4.69, 9.17) is 14.3 Å². The molecule has 0 fully saturated rings. The lowest BCUT2D eigenvalue weighted by atomic mass is 10.0. The van der Waals surface area contributed by atoms with Gasteiger partial charge >= 0.3 is 5.97 Å². The lowest BCUT2D eigenvalue weighted by Gasteiger charge is -2.17. The second kappa shape index (κ2) is 8.59. The Morgan fingerprint density at radius 1 is 1.22 bits per heavy atom. The summed E-state index contributed by atoms with van der Waals surface area (Å²) < 4.78 is 10.7. The number of amides is 1. The number of carboxylic acids is 1. The van der Waals surface area contributed by atoms with Crippen molar-refractivity contribution in [3.05, 3.63) is 54.1 Å². The van der Waals surface area contributed by atoms with E-state index >= 15 is 0 Å². The van der Waals surface area contributed by atoms with Crippen molar-refractivity contribution in [2.75, 3.05) is 12.9 Å². The fourth-order valence-electron chi connectivity index (χ4n) is 2.54. The number of para-hydroxylation sites is 2. The number of rotatable bonds is 8. The Hall–Kier alpha value is -3.00. The quantitative estimate of drug-likeness (QED) is 0.573. The summed E-state index contributed by atoms with van der Waals surface area (Å²) in [6, 6.07) is 13.6. The van der Waals surface area contributed by atoms with E-state index in [1.165, 1.54) is 0 Å². The highest BCUT2D eigenvalue weighted by molar-refractivity contribution is 7.99. The van der Waals surface area contributed by atoms with Crippen LogP contribution in [0.4, 0.5) is 0 Å². The first kappa shape index (κ1) is 18.8. The summed E-state index contributed by atoms with van der Waals surface area (Å²) >= 11 is 1.16. The maximum atomic E-state index is 12.3. The molecule has 2 aromatic carbocycles. The third-order valence-corrected chi connectivity index (χ3v) is 4.66. The normalized spacial score (nSPS) is 11.9. The van der Waals surface area contributed by atoms with Gasteiger partial charge in [-0.2, -0.15) is 0 Å². The van der Waals surface area contributed by atoms with E-state index in [9.17, 15) is 9.59 Å². The van der Waals surface area contributed by atoms with Gasteiger partial charge in [-0.1, -0.05) is 36.0 Å². The van der Waals surface area contributed by atoms with Crippen LogP contribution in [-0.2, 0) is 9.59 Å². The summed E-state index contributed by atoms with van der Waals surface area (Å²) in [7, 11) is 1.55. The fourth-order valence-corrected chi connectivity index (χ4v) is 3.19. The monoisotopic (exact) mass is 386 g/mol. The van der Waals surface area contributed by atoms with Crippen molar-refractivity contribution in [2.45, 2.75) is 17.7 Å². The van der Waals surface area contributed by atoms with E-state index in [2.05, 4.69) is 10.3 Å². The first-order chi connectivity index (χ1) is 13.0. The summed E-state index contributed by atoms with van der Waals surface area (Å²) in [6.07, 6.45) is -0.217. The molecule has 1 aromatic heterocycles. The van der Waals surface area contributed by atoms with Crippen molar-refractivity contribution in [1.29, 1.82) is 0 Å². The van der Waals surface area contributed by atoms with Crippen LogP contribution in [0, 0.1) is 0 Å². The molecule has 0 spiro atoms. The molecule has 0 saturated carbocycles. The minimum absolute atomic E-state index is 0.0685. The molecule has 1 amide bonds. The number of fused-ring (bicyclic) bond motifs is 1. The molecular formula is C19H18N2O5S. The molecule has 27 heavy (non-hydrogen) atoms. The van der Waals surface area contributed by atoms with E-state index in [1.807, 2.05) is 18.2 Å². The predicted octanol–water partition coefficient (Wildman–Crippen LogP) is 3.26. The van der Waals surface area contributed by atoms with Crippen LogP contribution < -0.4 is 10.1 Å². The number of benzene rings is 2. The Balaban J connectivity index is 1.63. The van der Waals surface area contributed by atoms with Crippen LogP contribution in [0.25, 0.3) is 11.1 Å². The SMILES string of the molecule is COc1ccc(C(CC(=O)O)NC(=O)CSc2nc3ccccc3o2)cc1. The highest BCUT2D eigenvalue weighted by Crippen LogP contribution is 2.24. The number of aliphatic carboxylic acids is 1. The summed E-state index contributed by atoms with van der Waals surface area (Å²) in [5.41, 5.74) is 2.07. The van der Waals surface area contributed by atoms with Gasteiger partial charge in [-0.05, 0) is 29.8 Å². The summed E-state index contributed by atoms with van der Waals surface area (Å²) in [4.78, 5) is 27.8. The van der Waals surface area contributed by atoms with E-state index in [0.717, 1.165) is 17.3 Å². The number of carbonyl (C=O) groups excluding carboxylic acids is 1. The molecule has 1 unspecified atom stereocenters. The lowest BCUT2D eigenvalue weighted by molar-refractivity contribution is -0.137. The second-order valence-electron chi connectivity index (χ2n) is 5.73. The Morgan fingerprint density at radius 3 is 2.63 bits per heavy atom. The molecule has 2 N–H and O–H groups in total. The molecule has 0 saturated heterocycles. The number of hydrogen-bond donors (Lipinski definition) is 2. The van der Waals surface area contributed by atoms with Crippen molar-refractivity contribution in [3.8, 4) is 5.75 Å². The Labute approximate surface area is 159 Å². The Bertz CT molecular complexity index is 906. The van der Waals surface area contributed by atoms with Gasteiger partial charge in [-0.3, -0.25) is 9.59 Å². The zero-order valence-corrected chi connectivity index (χ0v) is 15.4. The van der Waals surface area contributed by atoms with Gasteiger partial charge in [-0.15, -0.1) is 0 Å². The lowest BCUT2D eigenvalue weighted by Crippen LogP contribution is -2.31. The number of carbonyl (C=O) groups is 2. The fraction of sp³-hybridized carbons (Fsp3) is 0.211. The molecule has 3 rings (SSSR count). The molecule has 0 aliphatic carbocycles. The molecule has 7 nitrogen and oxygen atoms in total. The number of ether oxygens (including phenoxy) is 1. The third-order valence-electron chi connectivity index (χ3n) is 3.83. The third kappa shape index (κ3) is 5.01. The van der Waals surface area contributed by atoms with Gasteiger partial charge < -0.3 is 19.6 Å². The molecule has 1 atom stereocenters. The molecule has 0 aliphatic heterocycles. The van der Waals surface area contributed by atoms with Crippen molar-refractivity contribution in [3.63, 3.8) is 0 Å². The molecule has 0 aliphatic rings. The first-order valence-electron chi connectivity index (χ1n) is 8.18. The molecule has 8 heteroatoms. The Morgan fingerprint density at radius 2 is 1.96 bits per heavy atom. The van der Waals surface area contributed by atoms with Gasteiger partial charge in [0.1, 0.15) is 11.3 Å². The van der Waals surface area contributed by atoms with Crippen molar-refractivity contribution in [1.82, 2.24) is 10.3 Å². The van der Waals surface area contributed by atoms with Gasteiger partial charge in [0.2, 0.25) is 5.91 Å². The van der Waals surface area contributed by atoms with Crippen LogP contribution in [0.3, 0.4) is 0 Å². The predicted molar refractivity (Wildman–Crippen MR) is 101 cm³/mol. The molecule has 140 valence electrons. The van der Waals surface area contributed by atoms with E-state index in [1.54, 1.807) is 37.4 Å². The van der Waals surface area contributed by atoms with Crippen LogP contribution >= 0.6 is 11.8 Å². The molecule has 0 bridgehead atoms. The van der Waals surface area contributed by atoms with E-state index in [0.29, 0.717) is 22.1 Å². The topological polar surface area (TPSA) is 102 Å². The highest BCUT2D eigenvalue weighted by Gasteiger charge is 2.19. The summed E-state index contributed by atoms with van der Waals surface area (Å²) in [5, 5.41) is 12.3. The molecule has 3 aromatic rings. The van der Waals surface area contributed by atoms with Crippen LogP contribution in [0.1, 0.15) is 18.0 Å². The number of nitrogens with one attached hydrogen (secondary N) is 1. The zero-order valence-electron chi connectivity index (χ0n) is 14.5. The van der Waals surface area contributed by atoms with Gasteiger partial charge in [0, 0.05) is 0 Å². The van der Waals surface area contributed by atoms with Gasteiger partial charge in [0.15, 0.2) is 5.58 Å². The largest absolute Gasteiger partial charge is 0.497 e. The Kier molecular flexibility index (Phi) is 5.97. The van der Waals surface area contributed by atoms with E-state index in [-0.39, 0.29) is 18.1 Å². The van der Waals surface area contributed by atoms with Crippen molar-refractivity contribution >= 4 is 34.7 Å². The number of oxazole rings is 1. The van der Waals surface area contributed by atoms with Crippen LogP contribution in [0.5, 0.6) is 5.75 Å². The van der Waals surface area contributed by atoms with Gasteiger partial charge in [0.25, 0.3) is 5.22 Å². The maximum absolute atomic E-state index is 12.3. The number of hydrogen-bond acceptors (Lipinski definition) is 6. The minimum Gasteiger partial charge on any atom is -0.497 e. The maximum Gasteiger partial charge on any atom is 0.305 e. The van der Waals surface area contributed by atoms with E-state index < -0.39 is 12.0 Å². The highest BCUT2D eigenvalue weighted by atomic mass is 32.2. The standard InChI is InChI=1S/C19H18N2O5S/c1-25-13-8-6-12(7-9-13)15(10-18(23)24)20-17(22)11-27-19-21-14-4-2-3-5-16(14)26-19/h2-9,15H,10-11H2,1H3,(H,20,22)(H,23,24). The minimum atomic E-state index is -0.997. The number of thioether (sulfide) groups is 1. The van der Waals surface area contributed by atoms with Crippen molar-refractivity contribution < 1.29 is 23.8 Å². The van der Waals surface area contributed by atoms with Crippen LogP contribution in [0.2, 0.25) is 0 Å².